The molecule has 0 aromatic heterocycles. The third-order valence-electron chi connectivity index (χ3n) is 3.73. The lowest BCUT2D eigenvalue weighted by atomic mass is 9.86. The highest BCUT2D eigenvalue weighted by Gasteiger charge is 2.14. The first-order valence-corrected chi connectivity index (χ1v) is 10.3. The van der Waals surface area contributed by atoms with Gasteiger partial charge in [0.25, 0.3) is 0 Å². The normalized spacial score (nSPS) is 12.4. The third kappa shape index (κ3) is 11.5. The molecule has 0 bridgehead atoms. The molecule has 0 radical (unpaired) electrons. The van der Waals surface area contributed by atoms with E-state index >= 15 is 0 Å². The second kappa shape index (κ2) is 13.1. The zero-order valence-electron chi connectivity index (χ0n) is 18.4. The molecule has 0 unspecified atom stereocenters. The Morgan fingerprint density at radius 1 is 1.15 bits per heavy atom. The summed E-state index contributed by atoms with van der Waals surface area (Å²) in [4.78, 5) is 0. The lowest BCUT2D eigenvalue weighted by Crippen LogP contribution is -2.33. The van der Waals surface area contributed by atoms with E-state index in [1.54, 1.807) is 6.08 Å². The molecular weight excluding hydrogens is 382 g/mol. The summed E-state index contributed by atoms with van der Waals surface area (Å²) in [7, 11) is 0. The van der Waals surface area contributed by atoms with Crippen molar-refractivity contribution in [3.8, 4) is 0 Å². The average Bonchev–Trinajstić information content (AvgIpc) is 2.60. The number of allylic oxidation sites excluding steroid dienone is 3. The molecule has 0 heterocycles. The van der Waals surface area contributed by atoms with Crippen LogP contribution in [0.3, 0.4) is 0 Å². The Labute approximate surface area is 171 Å². The fourth-order valence-corrected chi connectivity index (χ4v) is 2.24. The van der Waals surface area contributed by atoms with E-state index in [9.17, 15) is 0 Å². The fraction of sp³-hybridized carbons (Fsp3) is 0.500. The molecule has 0 amide bonds. The van der Waals surface area contributed by atoms with Crippen molar-refractivity contribution in [3.05, 3.63) is 70.3 Å². The van der Waals surface area contributed by atoms with Crippen molar-refractivity contribution < 1.29 is 0 Å². The summed E-state index contributed by atoms with van der Waals surface area (Å²) in [5.74, 6) is 0. The van der Waals surface area contributed by atoms with Gasteiger partial charge in [-0.3, -0.25) is 0 Å². The molecule has 1 nitrogen and oxygen atoms in total. The largest absolute Gasteiger partial charge is 0.322 e. The van der Waals surface area contributed by atoms with Gasteiger partial charge in [0, 0.05) is 10.0 Å². The van der Waals surface area contributed by atoms with Crippen molar-refractivity contribution in [1.82, 2.24) is 0 Å². The van der Waals surface area contributed by atoms with Gasteiger partial charge in [-0.25, -0.2) is 0 Å². The molecule has 0 spiro atoms. The SMILES string of the molecule is C=C/C(=C\C(Br)=C/C)C(C)(C)N.CC.CCc1cccc(C(C)(C)C)c1. The van der Waals surface area contributed by atoms with Crippen molar-refractivity contribution in [3.63, 3.8) is 0 Å². The zero-order valence-corrected chi connectivity index (χ0v) is 20.0. The van der Waals surface area contributed by atoms with Crippen LogP contribution >= 0.6 is 15.9 Å². The van der Waals surface area contributed by atoms with Crippen molar-refractivity contribution in [2.24, 2.45) is 5.73 Å². The van der Waals surface area contributed by atoms with E-state index in [1.807, 2.05) is 46.8 Å². The minimum atomic E-state index is -0.330. The summed E-state index contributed by atoms with van der Waals surface area (Å²) in [6, 6.07) is 8.85. The predicted molar refractivity (Wildman–Crippen MR) is 125 cm³/mol. The maximum absolute atomic E-state index is 5.91. The van der Waals surface area contributed by atoms with Crippen LogP contribution in [0.15, 0.2) is 59.1 Å². The molecule has 0 aliphatic rings. The lowest BCUT2D eigenvalue weighted by Gasteiger charge is -2.20. The van der Waals surface area contributed by atoms with Gasteiger partial charge in [-0.2, -0.15) is 0 Å². The number of nitrogens with two attached hydrogens (primary N) is 1. The number of halogens is 1. The first kappa shape index (κ1) is 27.1. The molecule has 0 saturated carbocycles. The Morgan fingerprint density at radius 2 is 1.69 bits per heavy atom. The van der Waals surface area contributed by atoms with Crippen molar-refractivity contribution in [2.45, 2.75) is 79.7 Å². The quantitative estimate of drug-likeness (QED) is 0.494. The first-order chi connectivity index (χ1) is 12.0. The third-order valence-corrected chi connectivity index (χ3v) is 4.42. The van der Waals surface area contributed by atoms with E-state index in [4.69, 9.17) is 5.73 Å². The van der Waals surface area contributed by atoms with Crippen molar-refractivity contribution >= 4 is 15.9 Å². The van der Waals surface area contributed by atoms with Gasteiger partial charge in [0.15, 0.2) is 0 Å². The van der Waals surface area contributed by atoms with E-state index in [0.717, 1.165) is 16.5 Å². The van der Waals surface area contributed by atoms with E-state index < -0.39 is 0 Å². The molecule has 0 aliphatic heterocycles. The van der Waals surface area contributed by atoms with E-state index in [1.165, 1.54) is 11.1 Å². The van der Waals surface area contributed by atoms with Crippen LogP contribution in [0.4, 0.5) is 0 Å². The summed E-state index contributed by atoms with van der Waals surface area (Å²) in [5, 5.41) is 0. The minimum absolute atomic E-state index is 0.283. The van der Waals surface area contributed by atoms with E-state index in [2.05, 4.69) is 74.5 Å². The van der Waals surface area contributed by atoms with Gasteiger partial charge in [-0.05, 0) is 55.4 Å². The molecule has 0 saturated heterocycles. The molecule has 26 heavy (non-hydrogen) atoms. The van der Waals surface area contributed by atoms with Crippen LogP contribution in [-0.2, 0) is 11.8 Å². The molecule has 1 rings (SSSR count). The van der Waals surface area contributed by atoms with Gasteiger partial charge in [-0.1, -0.05) is 100 Å². The Morgan fingerprint density at radius 3 is 2.04 bits per heavy atom. The standard InChI is InChI=1S/C12H18.C10H16BrN.C2H6/c1-5-10-7-6-8-11(9-10)12(2,3)4;1-5-8(10(3,4)12)7-9(11)6-2;1-2/h6-9H,5H2,1-4H3;5-7H,1,12H2,2-4H3;1-2H3/b;8-7+,9-6+;. The Hall–Kier alpha value is -1.12. The van der Waals surface area contributed by atoms with E-state index in [0.29, 0.717) is 0 Å². The monoisotopic (exact) mass is 421 g/mol. The summed E-state index contributed by atoms with van der Waals surface area (Å²) in [6.45, 7) is 22.5. The van der Waals surface area contributed by atoms with Gasteiger partial charge in [-0.15, -0.1) is 0 Å². The van der Waals surface area contributed by atoms with Gasteiger partial charge in [0.05, 0.1) is 0 Å². The van der Waals surface area contributed by atoms with Gasteiger partial charge >= 0.3 is 0 Å². The van der Waals surface area contributed by atoms with Crippen LogP contribution in [0.1, 0.15) is 73.4 Å². The highest BCUT2D eigenvalue weighted by atomic mass is 79.9. The highest BCUT2D eigenvalue weighted by molar-refractivity contribution is 9.11. The fourth-order valence-electron chi connectivity index (χ4n) is 2.00. The highest BCUT2D eigenvalue weighted by Crippen LogP contribution is 2.22. The second-order valence-electron chi connectivity index (χ2n) is 7.50. The van der Waals surface area contributed by atoms with Crippen LogP contribution in [0, 0.1) is 0 Å². The van der Waals surface area contributed by atoms with E-state index in [-0.39, 0.29) is 11.0 Å². The zero-order chi connectivity index (χ0) is 21.0. The first-order valence-electron chi connectivity index (χ1n) is 9.50. The molecule has 148 valence electrons. The van der Waals surface area contributed by atoms with Crippen LogP contribution in [0.25, 0.3) is 0 Å². The molecule has 0 aliphatic carbocycles. The maximum Gasteiger partial charge on any atom is 0.0352 e. The van der Waals surface area contributed by atoms with Crippen molar-refractivity contribution in [2.75, 3.05) is 0 Å². The molecule has 1 aromatic carbocycles. The smallest absolute Gasteiger partial charge is 0.0352 e. The Kier molecular flexibility index (Phi) is 13.7. The molecular formula is C24H40BrN. The number of rotatable bonds is 4. The predicted octanol–water partition coefficient (Wildman–Crippen LogP) is 7.71. The maximum atomic E-state index is 5.91. The summed E-state index contributed by atoms with van der Waals surface area (Å²) in [5.41, 5.74) is 9.74. The van der Waals surface area contributed by atoms with Crippen LogP contribution in [0.2, 0.25) is 0 Å². The van der Waals surface area contributed by atoms with Crippen molar-refractivity contribution in [1.29, 1.82) is 0 Å². The summed E-state index contributed by atoms with van der Waals surface area (Å²) in [6.07, 6.45) is 6.86. The molecule has 0 atom stereocenters. The van der Waals surface area contributed by atoms with Crippen LogP contribution < -0.4 is 5.73 Å². The lowest BCUT2D eigenvalue weighted by molar-refractivity contribution is 0.589. The second-order valence-corrected chi connectivity index (χ2v) is 8.42. The summed E-state index contributed by atoms with van der Waals surface area (Å²) >= 11 is 3.39. The number of hydrogen-bond acceptors (Lipinski definition) is 1. The summed E-state index contributed by atoms with van der Waals surface area (Å²) < 4.78 is 1.02. The van der Waals surface area contributed by atoms with Gasteiger partial charge in [0.2, 0.25) is 0 Å². The van der Waals surface area contributed by atoms with Crippen LogP contribution in [0.5, 0.6) is 0 Å². The number of benzene rings is 1. The average molecular weight is 422 g/mol. The Balaban J connectivity index is 0. The topological polar surface area (TPSA) is 26.0 Å². The number of aryl methyl sites for hydroxylation is 1. The number of hydrogen-bond donors (Lipinski definition) is 1. The Bertz CT molecular complexity index is 581. The van der Waals surface area contributed by atoms with Gasteiger partial charge in [0.1, 0.15) is 0 Å². The minimum Gasteiger partial charge on any atom is -0.322 e. The molecule has 1 aromatic rings. The molecule has 2 N–H and O–H groups in total. The van der Waals surface area contributed by atoms with Gasteiger partial charge < -0.3 is 5.73 Å². The molecule has 2 heteroatoms. The molecule has 0 fully saturated rings. The van der Waals surface area contributed by atoms with Crippen LogP contribution in [-0.4, -0.2) is 5.54 Å².